The zero-order chi connectivity index (χ0) is 22.2. The molecular formula is C23H21BrI2N2O3. The molecule has 0 atom stereocenters. The van der Waals surface area contributed by atoms with Gasteiger partial charge in [0, 0.05) is 4.47 Å². The van der Waals surface area contributed by atoms with E-state index in [0.29, 0.717) is 24.7 Å². The van der Waals surface area contributed by atoms with E-state index in [9.17, 15) is 0 Å². The van der Waals surface area contributed by atoms with Gasteiger partial charge in [0.05, 0.1) is 34.1 Å². The van der Waals surface area contributed by atoms with Crippen molar-refractivity contribution in [2.24, 2.45) is 5.10 Å². The van der Waals surface area contributed by atoms with Gasteiger partial charge in [-0.1, -0.05) is 34.1 Å². The first-order valence-corrected chi connectivity index (χ1v) is 12.3. The van der Waals surface area contributed by atoms with Gasteiger partial charge in [0.15, 0.2) is 11.5 Å². The fourth-order valence-electron chi connectivity index (χ4n) is 2.78. The Morgan fingerprint density at radius 3 is 2.19 bits per heavy atom. The van der Waals surface area contributed by atoms with Crippen LogP contribution in [0.15, 0.2) is 64.2 Å². The largest absolute Gasteiger partial charge is 0.493 e. The minimum atomic E-state index is 0.527. The van der Waals surface area contributed by atoms with Crippen molar-refractivity contribution in [1.82, 2.24) is 5.43 Å². The molecule has 0 fully saturated rings. The minimum Gasteiger partial charge on any atom is -0.493 e. The van der Waals surface area contributed by atoms with E-state index >= 15 is 0 Å². The number of ether oxygens (including phenoxy) is 3. The fourth-order valence-corrected chi connectivity index (χ4v) is 5.17. The molecule has 0 radical (unpaired) electrons. The van der Waals surface area contributed by atoms with Crippen LogP contribution in [0.25, 0.3) is 0 Å². The molecule has 3 aromatic carbocycles. The lowest BCUT2D eigenvalue weighted by molar-refractivity contribution is 0.301. The third-order valence-electron chi connectivity index (χ3n) is 4.35. The summed E-state index contributed by atoms with van der Waals surface area (Å²) in [6.45, 7) is 1.11. The molecule has 31 heavy (non-hydrogen) atoms. The van der Waals surface area contributed by atoms with Crippen LogP contribution in [-0.2, 0) is 13.2 Å². The number of methoxy groups -OCH3 is 2. The van der Waals surface area contributed by atoms with Gasteiger partial charge in [-0.2, -0.15) is 5.10 Å². The summed E-state index contributed by atoms with van der Waals surface area (Å²) in [5, 5.41) is 4.35. The van der Waals surface area contributed by atoms with Crippen molar-refractivity contribution >= 4 is 67.3 Å². The normalized spacial score (nSPS) is 10.9. The van der Waals surface area contributed by atoms with Crippen molar-refractivity contribution in [2.75, 3.05) is 14.2 Å². The highest BCUT2D eigenvalue weighted by atomic mass is 127. The number of rotatable bonds is 9. The number of nitrogens with zero attached hydrogens (tertiary/aromatic N) is 1. The van der Waals surface area contributed by atoms with Gasteiger partial charge in [-0.25, -0.2) is 0 Å². The predicted molar refractivity (Wildman–Crippen MR) is 144 cm³/mol. The van der Waals surface area contributed by atoms with Gasteiger partial charge in [0.25, 0.3) is 0 Å². The summed E-state index contributed by atoms with van der Waals surface area (Å²) in [6, 6.07) is 18.0. The van der Waals surface area contributed by atoms with Crippen LogP contribution < -0.4 is 19.6 Å². The molecule has 3 rings (SSSR count). The van der Waals surface area contributed by atoms with Crippen LogP contribution in [-0.4, -0.2) is 20.4 Å². The molecule has 0 saturated heterocycles. The number of hydrogen-bond acceptors (Lipinski definition) is 5. The summed E-state index contributed by atoms with van der Waals surface area (Å²) in [5.41, 5.74) is 6.26. The first kappa shape index (κ1) is 24.1. The Labute approximate surface area is 218 Å². The SMILES string of the molecule is COc1ccc(CN/N=C\c2cc(I)c(OCc3ccc(Br)cc3)c(I)c2)cc1OC. The summed E-state index contributed by atoms with van der Waals surface area (Å²) >= 11 is 8.05. The van der Waals surface area contributed by atoms with E-state index in [1.807, 2.05) is 36.5 Å². The fraction of sp³-hybridized carbons (Fsp3) is 0.174. The van der Waals surface area contributed by atoms with Crippen molar-refractivity contribution < 1.29 is 14.2 Å². The lowest BCUT2D eigenvalue weighted by atomic mass is 10.2. The molecule has 0 aliphatic heterocycles. The molecule has 1 N–H and O–H groups in total. The average Bonchev–Trinajstić information content (AvgIpc) is 2.77. The maximum Gasteiger partial charge on any atom is 0.161 e. The highest BCUT2D eigenvalue weighted by molar-refractivity contribution is 14.1. The van der Waals surface area contributed by atoms with Gasteiger partial charge in [-0.3, -0.25) is 0 Å². The highest BCUT2D eigenvalue weighted by Crippen LogP contribution is 2.30. The van der Waals surface area contributed by atoms with E-state index in [1.54, 1.807) is 14.2 Å². The van der Waals surface area contributed by atoms with E-state index in [0.717, 1.165) is 34.1 Å². The van der Waals surface area contributed by atoms with Gasteiger partial charge >= 0.3 is 0 Å². The maximum absolute atomic E-state index is 6.06. The topological polar surface area (TPSA) is 52.1 Å². The zero-order valence-electron chi connectivity index (χ0n) is 17.0. The van der Waals surface area contributed by atoms with Crippen LogP contribution in [0.1, 0.15) is 16.7 Å². The van der Waals surface area contributed by atoms with Crippen molar-refractivity contribution in [3.63, 3.8) is 0 Å². The summed E-state index contributed by atoms with van der Waals surface area (Å²) in [6.07, 6.45) is 1.81. The van der Waals surface area contributed by atoms with Gasteiger partial charge in [0.1, 0.15) is 12.4 Å². The second kappa shape index (κ2) is 11.9. The van der Waals surface area contributed by atoms with Crippen molar-refractivity contribution in [2.45, 2.75) is 13.2 Å². The lowest BCUT2D eigenvalue weighted by Gasteiger charge is -2.12. The first-order chi connectivity index (χ1) is 15.0. The van der Waals surface area contributed by atoms with Gasteiger partial charge in [-0.15, -0.1) is 0 Å². The smallest absolute Gasteiger partial charge is 0.161 e. The van der Waals surface area contributed by atoms with Gasteiger partial charge in [0.2, 0.25) is 0 Å². The molecule has 0 spiro atoms. The maximum atomic E-state index is 6.06. The number of hydrogen-bond donors (Lipinski definition) is 1. The quantitative estimate of drug-likeness (QED) is 0.160. The molecule has 3 aromatic rings. The second-order valence-electron chi connectivity index (χ2n) is 6.51. The van der Waals surface area contributed by atoms with Crippen LogP contribution in [0.2, 0.25) is 0 Å². The zero-order valence-corrected chi connectivity index (χ0v) is 22.9. The highest BCUT2D eigenvalue weighted by Gasteiger charge is 2.09. The third-order valence-corrected chi connectivity index (χ3v) is 6.48. The van der Waals surface area contributed by atoms with Crippen LogP contribution >= 0.6 is 61.1 Å². The molecule has 8 heteroatoms. The Bertz CT molecular complexity index is 1040. The van der Waals surface area contributed by atoms with Gasteiger partial charge in [-0.05, 0) is 98.3 Å². The van der Waals surface area contributed by atoms with Crippen LogP contribution in [0.3, 0.4) is 0 Å². The van der Waals surface area contributed by atoms with E-state index < -0.39 is 0 Å². The molecule has 0 amide bonds. The predicted octanol–water partition coefficient (Wildman–Crippen LogP) is 6.38. The summed E-state index contributed by atoms with van der Waals surface area (Å²) in [5.74, 6) is 2.30. The van der Waals surface area contributed by atoms with E-state index in [4.69, 9.17) is 14.2 Å². The monoisotopic (exact) mass is 706 g/mol. The summed E-state index contributed by atoms with van der Waals surface area (Å²) < 4.78 is 19.8. The molecule has 0 bridgehead atoms. The van der Waals surface area contributed by atoms with Crippen LogP contribution in [0.5, 0.6) is 17.2 Å². The lowest BCUT2D eigenvalue weighted by Crippen LogP contribution is -2.06. The van der Waals surface area contributed by atoms with Crippen molar-refractivity contribution in [3.05, 3.63) is 82.9 Å². The van der Waals surface area contributed by atoms with Crippen molar-refractivity contribution in [3.8, 4) is 17.2 Å². The first-order valence-electron chi connectivity index (χ1n) is 9.33. The van der Waals surface area contributed by atoms with Gasteiger partial charge < -0.3 is 19.6 Å². The Kier molecular flexibility index (Phi) is 9.27. The Morgan fingerprint density at radius 1 is 0.903 bits per heavy atom. The number of benzene rings is 3. The molecule has 0 aliphatic rings. The van der Waals surface area contributed by atoms with E-state index in [-0.39, 0.29) is 0 Å². The molecule has 162 valence electrons. The molecular weight excluding hydrogens is 686 g/mol. The Balaban J connectivity index is 1.59. The molecule has 5 nitrogen and oxygen atoms in total. The van der Waals surface area contributed by atoms with Crippen molar-refractivity contribution in [1.29, 1.82) is 0 Å². The van der Waals surface area contributed by atoms with E-state index in [2.05, 4.69) is 95.9 Å². The van der Waals surface area contributed by atoms with E-state index in [1.165, 1.54) is 0 Å². The number of nitrogens with one attached hydrogen (secondary N) is 1. The second-order valence-corrected chi connectivity index (χ2v) is 9.75. The molecule has 0 aromatic heterocycles. The third kappa shape index (κ3) is 6.98. The number of halogens is 3. The Morgan fingerprint density at radius 2 is 1.55 bits per heavy atom. The molecule has 0 saturated carbocycles. The van der Waals surface area contributed by atoms with Crippen LogP contribution in [0, 0.1) is 7.14 Å². The Hall–Kier alpha value is -1.53. The van der Waals surface area contributed by atoms with Crippen LogP contribution in [0.4, 0.5) is 0 Å². The number of hydrazone groups is 1. The standard InChI is InChI=1S/C23H21BrI2N2O3/c1-29-21-8-5-16(11-22(21)30-2)12-27-28-13-17-9-19(25)23(20(26)10-17)31-14-15-3-6-18(24)7-4-15/h3-11,13,27H,12,14H2,1-2H3/b28-13-. The molecule has 0 unspecified atom stereocenters. The summed E-state index contributed by atoms with van der Waals surface area (Å²) in [4.78, 5) is 0. The minimum absolute atomic E-state index is 0.527. The average molecular weight is 707 g/mol. The summed E-state index contributed by atoms with van der Waals surface area (Å²) in [7, 11) is 3.25. The molecule has 0 heterocycles. The molecule has 0 aliphatic carbocycles.